The maximum atomic E-state index is 13.7. The second-order valence-electron chi connectivity index (χ2n) is 9.27. The predicted octanol–water partition coefficient (Wildman–Crippen LogP) is 4.65. The Morgan fingerprint density at radius 1 is 1.03 bits per heavy atom. The second kappa shape index (κ2) is 11.2. The van der Waals surface area contributed by atoms with Gasteiger partial charge >= 0.3 is 0 Å². The molecule has 37 heavy (non-hydrogen) atoms. The molecule has 2 aromatic carbocycles. The van der Waals surface area contributed by atoms with Gasteiger partial charge in [-0.25, -0.2) is 0 Å². The molecule has 4 aromatic rings. The van der Waals surface area contributed by atoms with Crippen molar-refractivity contribution in [3.8, 4) is 5.75 Å². The van der Waals surface area contributed by atoms with Crippen molar-refractivity contribution in [3.63, 3.8) is 0 Å². The van der Waals surface area contributed by atoms with Gasteiger partial charge in [0.05, 0.1) is 20.3 Å². The molecule has 2 aromatic heterocycles. The van der Waals surface area contributed by atoms with Crippen LogP contribution in [0.4, 0.5) is 0 Å². The van der Waals surface area contributed by atoms with Crippen LogP contribution in [0.5, 0.6) is 5.75 Å². The highest BCUT2D eigenvalue weighted by Gasteiger charge is 2.31. The number of methoxy groups -OCH3 is 1. The normalized spacial score (nSPS) is 15.8. The molecule has 1 fully saturated rings. The minimum Gasteiger partial charge on any atom is -0.496 e. The first-order valence-electron chi connectivity index (χ1n) is 12.4. The number of thiophene rings is 1. The number of nitrogens with zero attached hydrogens (tertiary/aromatic N) is 3. The molecule has 0 aliphatic carbocycles. The number of carbonyl (C=O) groups excluding carboxylic acids is 2. The summed E-state index contributed by atoms with van der Waals surface area (Å²) in [5.41, 5.74) is 2.71. The lowest BCUT2D eigenvalue weighted by Crippen LogP contribution is -2.56. The molecule has 1 atom stereocenters. The van der Waals surface area contributed by atoms with Gasteiger partial charge in [0.1, 0.15) is 22.9 Å². The maximum absolute atomic E-state index is 13.7. The van der Waals surface area contributed by atoms with E-state index >= 15 is 0 Å². The van der Waals surface area contributed by atoms with E-state index < -0.39 is 0 Å². The average Bonchev–Trinajstić information content (AvgIpc) is 3.51. The Bertz CT molecular complexity index is 1380. The van der Waals surface area contributed by atoms with Crippen LogP contribution in [0.2, 0.25) is 0 Å². The van der Waals surface area contributed by atoms with E-state index in [2.05, 4.69) is 4.57 Å². The van der Waals surface area contributed by atoms with E-state index in [-0.39, 0.29) is 24.5 Å². The maximum Gasteiger partial charge on any atom is 0.270 e. The molecule has 5 rings (SSSR count). The molecule has 3 heterocycles. The van der Waals surface area contributed by atoms with Crippen molar-refractivity contribution in [3.05, 3.63) is 88.9 Å². The molecule has 192 valence electrons. The summed E-state index contributed by atoms with van der Waals surface area (Å²) in [7, 11) is 1.66. The van der Waals surface area contributed by atoms with Crippen molar-refractivity contribution in [2.75, 3.05) is 33.4 Å². The smallest absolute Gasteiger partial charge is 0.270 e. The van der Waals surface area contributed by atoms with Gasteiger partial charge in [-0.1, -0.05) is 48.5 Å². The Balaban J connectivity index is 1.26. The minimum absolute atomic E-state index is 0.0161. The van der Waals surface area contributed by atoms with Gasteiger partial charge in [-0.2, -0.15) is 0 Å². The third kappa shape index (κ3) is 5.40. The first-order valence-corrected chi connectivity index (χ1v) is 13.3. The van der Waals surface area contributed by atoms with Crippen LogP contribution in [0.1, 0.15) is 28.5 Å². The Morgan fingerprint density at radius 3 is 2.59 bits per heavy atom. The van der Waals surface area contributed by atoms with E-state index in [0.29, 0.717) is 38.5 Å². The Kier molecular flexibility index (Phi) is 7.58. The van der Waals surface area contributed by atoms with Gasteiger partial charge in [-0.05, 0) is 36.1 Å². The number of piperazine rings is 1. The van der Waals surface area contributed by atoms with E-state index in [1.807, 2.05) is 88.8 Å². The molecule has 0 radical (unpaired) electrons. The lowest BCUT2D eigenvalue weighted by atomic mass is 10.1. The summed E-state index contributed by atoms with van der Waals surface area (Å²) >= 11 is 1.63. The SMILES string of the molecule is COc1ccccc1Cn1c(C(=O)N2CCN(C(=O)COCc3ccccc3)C(C)C2)cc2ccsc21. The molecule has 0 saturated carbocycles. The molecular weight excluding hydrogens is 486 g/mol. The van der Waals surface area contributed by atoms with Crippen molar-refractivity contribution < 1.29 is 19.1 Å². The number of hydrogen-bond acceptors (Lipinski definition) is 5. The lowest BCUT2D eigenvalue weighted by molar-refractivity contribution is -0.140. The van der Waals surface area contributed by atoms with Crippen LogP contribution in [0, 0.1) is 0 Å². The number of carbonyl (C=O) groups is 2. The number of aromatic nitrogens is 1. The summed E-state index contributed by atoms with van der Waals surface area (Å²) in [6.45, 7) is 4.42. The molecule has 1 saturated heterocycles. The fourth-order valence-electron chi connectivity index (χ4n) is 4.90. The van der Waals surface area contributed by atoms with Gasteiger partial charge in [0, 0.05) is 36.6 Å². The molecule has 8 heteroatoms. The number of rotatable bonds is 8. The van der Waals surface area contributed by atoms with E-state index in [4.69, 9.17) is 9.47 Å². The minimum atomic E-state index is -0.0933. The highest BCUT2D eigenvalue weighted by molar-refractivity contribution is 7.16. The van der Waals surface area contributed by atoms with Crippen LogP contribution in [-0.2, 0) is 22.7 Å². The predicted molar refractivity (Wildman–Crippen MR) is 145 cm³/mol. The largest absolute Gasteiger partial charge is 0.496 e. The number of fused-ring (bicyclic) bond motifs is 1. The van der Waals surface area contributed by atoms with Gasteiger partial charge in [0.15, 0.2) is 0 Å². The number of para-hydroxylation sites is 1. The van der Waals surface area contributed by atoms with Crippen molar-refractivity contribution in [2.45, 2.75) is 26.1 Å². The van der Waals surface area contributed by atoms with E-state index in [1.165, 1.54) is 0 Å². The highest BCUT2D eigenvalue weighted by Crippen LogP contribution is 2.29. The number of amides is 2. The molecule has 1 unspecified atom stereocenters. The molecule has 2 amide bonds. The molecule has 1 aliphatic heterocycles. The molecule has 7 nitrogen and oxygen atoms in total. The fraction of sp³-hybridized carbons (Fsp3) is 0.310. The summed E-state index contributed by atoms with van der Waals surface area (Å²) in [5, 5.41) is 3.10. The number of benzene rings is 2. The van der Waals surface area contributed by atoms with Gasteiger partial charge < -0.3 is 23.8 Å². The Hall–Kier alpha value is -3.62. The van der Waals surface area contributed by atoms with Crippen molar-refractivity contribution in [1.29, 1.82) is 0 Å². The van der Waals surface area contributed by atoms with E-state index in [9.17, 15) is 9.59 Å². The van der Waals surface area contributed by atoms with Crippen molar-refractivity contribution >= 4 is 33.4 Å². The van der Waals surface area contributed by atoms with Crippen molar-refractivity contribution in [2.24, 2.45) is 0 Å². The summed E-state index contributed by atoms with van der Waals surface area (Å²) < 4.78 is 13.3. The quantitative estimate of drug-likeness (QED) is 0.341. The summed E-state index contributed by atoms with van der Waals surface area (Å²) in [6, 6.07) is 21.6. The molecule has 0 spiro atoms. The summed E-state index contributed by atoms with van der Waals surface area (Å²) in [4.78, 5) is 31.3. The zero-order valence-electron chi connectivity index (χ0n) is 21.1. The first-order chi connectivity index (χ1) is 18.0. The lowest BCUT2D eigenvalue weighted by Gasteiger charge is -2.40. The number of ether oxygens (including phenoxy) is 2. The van der Waals surface area contributed by atoms with Crippen LogP contribution >= 0.6 is 11.3 Å². The summed E-state index contributed by atoms with van der Waals surface area (Å²) in [6.07, 6.45) is 0. The second-order valence-corrected chi connectivity index (χ2v) is 10.2. The van der Waals surface area contributed by atoms with Gasteiger partial charge in [-0.3, -0.25) is 9.59 Å². The monoisotopic (exact) mass is 517 g/mol. The first kappa shape index (κ1) is 25.0. The van der Waals surface area contributed by atoms with Gasteiger partial charge in [-0.15, -0.1) is 11.3 Å². The molecule has 1 aliphatic rings. The van der Waals surface area contributed by atoms with Crippen molar-refractivity contribution in [1.82, 2.24) is 14.4 Å². The van der Waals surface area contributed by atoms with Gasteiger partial charge in [0.25, 0.3) is 5.91 Å². The van der Waals surface area contributed by atoms with Crippen LogP contribution in [0.15, 0.2) is 72.1 Å². The molecule has 0 N–H and O–H groups in total. The van der Waals surface area contributed by atoms with Crippen LogP contribution < -0.4 is 4.74 Å². The van der Waals surface area contributed by atoms with Gasteiger partial charge in [0.2, 0.25) is 5.91 Å². The standard InChI is InChI=1S/C29H31N3O4S/c1-21-17-30(13-14-31(21)27(33)20-36-19-22-8-4-3-5-9-22)28(34)25-16-23-12-15-37-29(23)32(25)18-24-10-6-7-11-26(24)35-2/h3-12,15-16,21H,13-14,17-20H2,1-2H3. The molecule has 0 bridgehead atoms. The zero-order chi connectivity index (χ0) is 25.8. The topological polar surface area (TPSA) is 64.0 Å². The van der Waals surface area contributed by atoms with Crippen LogP contribution in [0.3, 0.4) is 0 Å². The summed E-state index contributed by atoms with van der Waals surface area (Å²) in [5.74, 6) is 0.739. The Morgan fingerprint density at radius 2 is 1.81 bits per heavy atom. The fourth-order valence-corrected chi connectivity index (χ4v) is 5.80. The third-order valence-corrected chi connectivity index (χ3v) is 7.77. The van der Waals surface area contributed by atoms with E-state index in [1.54, 1.807) is 18.4 Å². The average molecular weight is 518 g/mol. The Labute approximate surface area is 220 Å². The zero-order valence-corrected chi connectivity index (χ0v) is 21.9. The van der Waals surface area contributed by atoms with Crippen LogP contribution in [-0.4, -0.2) is 65.6 Å². The third-order valence-electron chi connectivity index (χ3n) is 6.81. The van der Waals surface area contributed by atoms with E-state index in [0.717, 1.165) is 27.1 Å². The highest BCUT2D eigenvalue weighted by atomic mass is 32.1. The van der Waals surface area contributed by atoms with Crippen LogP contribution in [0.25, 0.3) is 10.2 Å². The molecular formula is C29H31N3O4S. The number of hydrogen-bond donors (Lipinski definition) is 0.